The summed E-state index contributed by atoms with van der Waals surface area (Å²) >= 11 is 0. The Bertz CT molecular complexity index is 437. The summed E-state index contributed by atoms with van der Waals surface area (Å²) in [4.78, 5) is 10.5. The van der Waals surface area contributed by atoms with E-state index in [1.54, 1.807) is 18.2 Å². The van der Waals surface area contributed by atoms with Crippen molar-refractivity contribution in [3.63, 3.8) is 0 Å². The fraction of sp³-hybridized carbons (Fsp3) is 0.273. The van der Waals surface area contributed by atoms with E-state index in [0.29, 0.717) is 16.9 Å². The van der Waals surface area contributed by atoms with Crippen molar-refractivity contribution in [2.24, 2.45) is 5.73 Å². The third kappa shape index (κ3) is 2.72. The Morgan fingerprint density at radius 2 is 2.38 bits per heavy atom. The van der Waals surface area contributed by atoms with Crippen molar-refractivity contribution in [1.82, 2.24) is 0 Å². The number of carboxylic acid groups (broad SMARTS) is 1. The molecule has 0 saturated heterocycles. The van der Waals surface area contributed by atoms with Gasteiger partial charge in [0.05, 0.1) is 19.1 Å². The number of methoxy groups -OCH3 is 1. The van der Waals surface area contributed by atoms with Gasteiger partial charge in [0.15, 0.2) is 0 Å². The molecule has 0 aromatic heterocycles. The Morgan fingerprint density at radius 1 is 1.69 bits per heavy atom. The second kappa shape index (κ2) is 5.14. The summed E-state index contributed by atoms with van der Waals surface area (Å²) in [5.74, 6) is -0.518. The lowest BCUT2D eigenvalue weighted by molar-refractivity contribution is -0.137. The van der Waals surface area contributed by atoms with Gasteiger partial charge in [-0.2, -0.15) is 5.26 Å². The molecule has 16 heavy (non-hydrogen) atoms. The van der Waals surface area contributed by atoms with Crippen molar-refractivity contribution in [3.05, 3.63) is 29.3 Å². The highest BCUT2D eigenvalue weighted by molar-refractivity contribution is 5.68. The zero-order valence-corrected chi connectivity index (χ0v) is 8.80. The van der Waals surface area contributed by atoms with Crippen LogP contribution in [0.15, 0.2) is 18.2 Å². The summed E-state index contributed by atoms with van der Waals surface area (Å²) in [6, 6.07) is 6.17. The number of nitriles is 1. The van der Waals surface area contributed by atoms with Crippen molar-refractivity contribution in [2.75, 3.05) is 7.11 Å². The molecule has 5 nitrogen and oxygen atoms in total. The van der Waals surface area contributed by atoms with Crippen molar-refractivity contribution in [3.8, 4) is 11.8 Å². The van der Waals surface area contributed by atoms with Gasteiger partial charge in [-0.1, -0.05) is 6.07 Å². The summed E-state index contributed by atoms with van der Waals surface area (Å²) < 4.78 is 4.97. The fourth-order valence-corrected chi connectivity index (χ4v) is 1.35. The van der Waals surface area contributed by atoms with Crippen LogP contribution in [0.3, 0.4) is 0 Å². The largest absolute Gasteiger partial charge is 0.495 e. The Balaban J connectivity index is 2.99. The van der Waals surface area contributed by atoms with Gasteiger partial charge >= 0.3 is 5.97 Å². The lowest BCUT2D eigenvalue weighted by atomic mass is 10.0. The second-order valence-corrected chi connectivity index (χ2v) is 3.28. The van der Waals surface area contributed by atoms with Crippen LogP contribution in [0.5, 0.6) is 5.75 Å². The van der Waals surface area contributed by atoms with Gasteiger partial charge in [0.2, 0.25) is 0 Å². The van der Waals surface area contributed by atoms with Gasteiger partial charge in [0.25, 0.3) is 0 Å². The minimum Gasteiger partial charge on any atom is -0.495 e. The van der Waals surface area contributed by atoms with Crippen LogP contribution in [0.4, 0.5) is 0 Å². The lowest BCUT2D eigenvalue weighted by Gasteiger charge is -2.11. The number of aliphatic carboxylic acids is 1. The predicted molar refractivity (Wildman–Crippen MR) is 56.9 cm³/mol. The Kier molecular flexibility index (Phi) is 3.86. The molecule has 0 saturated carbocycles. The molecule has 1 aromatic carbocycles. The molecule has 0 heterocycles. The molecule has 84 valence electrons. The number of ether oxygens (including phenoxy) is 1. The number of nitrogens with two attached hydrogens (primary N) is 1. The van der Waals surface area contributed by atoms with Gasteiger partial charge in [0, 0.05) is 6.04 Å². The Morgan fingerprint density at radius 3 is 2.88 bits per heavy atom. The number of nitrogens with zero attached hydrogens (tertiary/aromatic N) is 1. The van der Waals surface area contributed by atoms with Gasteiger partial charge in [-0.25, -0.2) is 0 Å². The normalized spacial score (nSPS) is 11.6. The first-order valence-electron chi connectivity index (χ1n) is 4.64. The first-order chi connectivity index (χ1) is 7.58. The smallest absolute Gasteiger partial charge is 0.305 e. The first-order valence-corrected chi connectivity index (χ1v) is 4.64. The number of hydrogen-bond acceptors (Lipinski definition) is 4. The van der Waals surface area contributed by atoms with Crippen LogP contribution in [0.25, 0.3) is 0 Å². The minimum atomic E-state index is -0.971. The average molecular weight is 220 g/mol. The summed E-state index contributed by atoms with van der Waals surface area (Å²) in [5, 5.41) is 17.5. The molecule has 0 aliphatic carbocycles. The molecule has 0 radical (unpaired) electrons. The molecule has 5 heteroatoms. The SMILES string of the molecule is COc1ccc(C(N)CC(=O)O)cc1C#N. The van der Waals surface area contributed by atoms with E-state index in [9.17, 15) is 4.79 Å². The minimum absolute atomic E-state index is 0.169. The third-order valence-electron chi connectivity index (χ3n) is 2.17. The van der Waals surface area contributed by atoms with Gasteiger partial charge in [-0.05, 0) is 17.7 Å². The third-order valence-corrected chi connectivity index (χ3v) is 2.17. The Labute approximate surface area is 93.1 Å². The molecule has 1 unspecified atom stereocenters. The summed E-state index contributed by atoms with van der Waals surface area (Å²) in [6.07, 6.45) is -0.169. The standard InChI is InChI=1S/C11H12N2O3/c1-16-10-3-2-7(4-8(10)6-12)9(13)5-11(14)15/h2-4,9H,5,13H2,1H3,(H,14,15). The molecule has 0 aliphatic heterocycles. The number of benzene rings is 1. The Hall–Kier alpha value is -2.06. The van der Waals surface area contributed by atoms with Gasteiger partial charge in [-0.3, -0.25) is 4.79 Å². The van der Waals surface area contributed by atoms with E-state index in [4.69, 9.17) is 20.8 Å². The molecule has 1 rings (SSSR count). The molecule has 0 aliphatic rings. The average Bonchev–Trinajstić information content (AvgIpc) is 2.27. The lowest BCUT2D eigenvalue weighted by Crippen LogP contribution is -2.15. The summed E-state index contributed by atoms with van der Waals surface area (Å²) in [5.41, 5.74) is 6.64. The maximum Gasteiger partial charge on any atom is 0.305 e. The van der Waals surface area contributed by atoms with Crippen molar-refractivity contribution < 1.29 is 14.6 Å². The highest BCUT2D eigenvalue weighted by Crippen LogP contribution is 2.23. The molecular formula is C11H12N2O3. The number of carboxylic acids is 1. The summed E-state index contributed by atoms with van der Waals surface area (Å²) in [7, 11) is 1.47. The predicted octanol–water partition coefficient (Wildman–Crippen LogP) is 1.04. The molecule has 1 atom stereocenters. The molecule has 3 N–H and O–H groups in total. The monoisotopic (exact) mass is 220 g/mol. The van der Waals surface area contributed by atoms with Crippen LogP contribution < -0.4 is 10.5 Å². The topological polar surface area (TPSA) is 96.3 Å². The highest BCUT2D eigenvalue weighted by atomic mass is 16.5. The second-order valence-electron chi connectivity index (χ2n) is 3.28. The summed E-state index contributed by atoms with van der Waals surface area (Å²) in [6.45, 7) is 0. The zero-order valence-electron chi connectivity index (χ0n) is 8.80. The fourth-order valence-electron chi connectivity index (χ4n) is 1.35. The number of rotatable bonds is 4. The van der Waals surface area contributed by atoms with Crippen LogP contribution in [0.1, 0.15) is 23.6 Å². The number of hydrogen-bond donors (Lipinski definition) is 2. The van der Waals surface area contributed by atoms with Gasteiger partial charge in [-0.15, -0.1) is 0 Å². The van der Waals surface area contributed by atoms with Crippen LogP contribution in [-0.2, 0) is 4.79 Å². The molecule has 0 amide bonds. The van der Waals surface area contributed by atoms with Crippen molar-refractivity contribution in [2.45, 2.75) is 12.5 Å². The van der Waals surface area contributed by atoms with Crippen LogP contribution in [0.2, 0.25) is 0 Å². The van der Waals surface area contributed by atoms with E-state index >= 15 is 0 Å². The molecule has 1 aromatic rings. The molecule has 0 fully saturated rings. The quantitative estimate of drug-likeness (QED) is 0.790. The maximum absolute atomic E-state index is 10.5. The molecular weight excluding hydrogens is 208 g/mol. The van der Waals surface area contributed by atoms with Crippen LogP contribution in [0, 0.1) is 11.3 Å². The van der Waals surface area contributed by atoms with E-state index in [1.807, 2.05) is 6.07 Å². The van der Waals surface area contributed by atoms with Crippen LogP contribution >= 0.6 is 0 Å². The van der Waals surface area contributed by atoms with Gasteiger partial charge in [0.1, 0.15) is 11.8 Å². The van der Waals surface area contributed by atoms with Crippen molar-refractivity contribution >= 4 is 5.97 Å². The van der Waals surface area contributed by atoms with Gasteiger partial charge < -0.3 is 15.6 Å². The molecule has 0 spiro atoms. The van der Waals surface area contributed by atoms with E-state index in [1.165, 1.54) is 7.11 Å². The zero-order chi connectivity index (χ0) is 12.1. The van der Waals surface area contributed by atoms with E-state index in [0.717, 1.165) is 0 Å². The maximum atomic E-state index is 10.5. The van der Waals surface area contributed by atoms with E-state index in [2.05, 4.69) is 0 Å². The van der Waals surface area contributed by atoms with E-state index in [-0.39, 0.29) is 6.42 Å². The van der Waals surface area contributed by atoms with E-state index < -0.39 is 12.0 Å². The van der Waals surface area contributed by atoms with Crippen molar-refractivity contribution in [1.29, 1.82) is 5.26 Å². The number of carbonyl (C=O) groups is 1. The first kappa shape index (κ1) is 12.0. The highest BCUT2D eigenvalue weighted by Gasteiger charge is 2.12. The molecule has 0 bridgehead atoms. The van der Waals surface area contributed by atoms with Crippen LogP contribution in [-0.4, -0.2) is 18.2 Å².